The van der Waals surface area contributed by atoms with Gasteiger partial charge < -0.3 is 31.1 Å². The van der Waals surface area contributed by atoms with Crippen LogP contribution in [-0.2, 0) is 19.1 Å². The first-order valence-corrected chi connectivity index (χ1v) is 13.1. The minimum Gasteiger partial charge on any atom is -0.508 e. The van der Waals surface area contributed by atoms with Gasteiger partial charge in [-0.05, 0) is 58.2 Å². The second-order valence-corrected chi connectivity index (χ2v) is 10.4. The molecule has 2 rings (SSSR count). The number of para-hydroxylation sites is 2. The average molecular weight is 541 g/mol. The van der Waals surface area contributed by atoms with E-state index in [0.29, 0.717) is 18.5 Å². The first kappa shape index (κ1) is 31.1. The van der Waals surface area contributed by atoms with E-state index in [1.54, 1.807) is 51.1 Å². The number of alkyl carbamates (subject to hydrolysis) is 1. The van der Waals surface area contributed by atoms with Crippen LogP contribution in [0.15, 0.2) is 48.5 Å². The molecule has 2 atom stereocenters. The van der Waals surface area contributed by atoms with Gasteiger partial charge in [0.05, 0.1) is 0 Å². The Hall–Kier alpha value is -4.08. The predicted molar refractivity (Wildman–Crippen MR) is 149 cm³/mol. The van der Waals surface area contributed by atoms with Crippen molar-refractivity contribution in [2.24, 2.45) is 5.73 Å². The molecule has 0 radical (unpaired) electrons. The smallest absolute Gasteiger partial charge is 0.408 e. The molecule has 0 aliphatic carbocycles. The summed E-state index contributed by atoms with van der Waals surface area (Å²) in [7, 11) is 0. The Balaban J connectivity index is 2.55. The molecule has 39 heavy (non-hydrogen) atoms. The monoisotopic (exact) mass is 540 g/mol. The normalized spacial score (nSPS) is 12.6. The Morgan fingerprint density at radius 2 is 1.69 bits per heavy atom. The molecule has 4 amide bonds. The van der Waals surface area contributed by atoms with Crippen LogP contribution in [0, 0.1) is 6.92 Å². The molecule has 0 saturated heterocycles. The zero-order valence-corrected chi connectivity index (χ0v) is 23.3. The third-order valence-electron chi connectivity index (χ3n) is 5.90. The minimum absolute atomic E-state index is 0.0943. The molecule has 0 saturated carbocycles. The van der Waals surface area contributed by atoms with E-state index in [2.05, 4.69) is 10.6 Å². The number of carbonyl (C=O) groups excluding carboxylic acids is 4. The lowest BCUT2D eigenvalue weighted by molar-refractivity contribution is -0.141. The van der Waals surface area contributed by atoms with Gasteiger partial charge in [-0.15, -0.1) is 0 Å². The summed E-state index contributed by atoms with van der Waals surface area (Å²) in [6, 6.07) is 11.1. The number of benzene rings is 2. The Bertz CT molecular complexity index is 1160. The molecule has 2 unspecified atom stereocenters. The number of amides is 4. The van der Waals surface area contributed by atoms with Gasteiger partial charge in [0.2, 0.25) is 11.8 Å². The number of aryl methyl sites for hydroxylation is 1. The number of ether oxygens (including phenoxy) is 1. The maximum Gasteiger partial charge on any atom is 0.408 e. The van der Waals surface area contributed by atoms with Gasteiger partial charge in [0.1, 0.15) is 23.4 Å². The molecule has 0 heterocycles. The lowest BCUT2D eigenvalue weighted by Gasteiger charge is -2.34. The van der Waals surface area contributed by atoms with Crippen LogP contribution in [0.1, 0.15) is 70.5 Å². The Morgan fingerprint density at radius 3 is 2.28 bits per heavy atom. The number of carbonyl (C=O) groups is 4. The highest BCUT2D eigenvalue weighted by Crippen LogP contribution is 2.31. The summed E-state index contributed by atoms with van der Waals surface area (Å²) in [5.74, 6) is -1.95. The zero-order valence-electron chi connectivity index (χ0n) is 23.3. The fourth-order valence-electron chi connectivity index (χ4n) is 3.97. The topological polar surface area (TPSA) is 151 Å². The number of rotatable bonds is 12. The van der Waals surface area contributed by atoms with E-state index in [1.807, 2.05) is 26.0 Å². The number of nitrogens with one attached hydrogen (secondary N) is 2. The third-order valence-corrected chi connectivity index (χ3v) is 5.90. The highest BCUT2D eigenvalue weighted by Gasteiger charge is 2.37. The Labute approximate surface area is 229 Å². The van der Waals surface area contributed by atoms with Crippen molar-refractivity contribution in [2.45, 2.75) is 78.0 Å². The predicted octanol–water partition coefficient (Wildman–Crippen LogP) is 4.17. The van der Waals surface area contributed by atoms with Crippen molar-refractivity contribution in [1.29, 1.82) is 0 Å². The molecule has 0 bridgehead atoms. The summed E-state index contributed by atoms with van der Waals surface area (Å²) in [4.78, 5) is 53.4. The van der Waals surface area contributed by atoms with Gasteiger partial charge in [-0.2, -0.15) is 0 Å². The van der Waals surface area contributed by atoms with E-state index in [1.165, 1.54) is 11.0 Å². The number of phenolic OH excluding ortho intramolecular Hbond substituents is 1. The lowest BCUT2D eigenvalue weighted by Crippen LogP contribution is -2.52. The molecular weight excluding hydrogens is 500 g/mol. The summed E-state index contributed by atoms with van der Waals surface area (Å²) in [6.07, 6.45) is 0.141. The molecule has 0 aliphatic heterocycles. The van der Waals surface area contributed by atoms with Gasteiger partial charge in [0.25, 0.3) is 5.91 Å². The van der Waals surface area contributed by atoms with Crippen LogP contribution in [0.3, 0.4) is 0 Å². The molecule has 10 heteroatoms. The number of nitrogens with zero attached hydrogens (tertiary/aromatic N) is 1. The highest BCUT2D eigenvalue weighted by atomic mass is 16.6. The number of aromatic hydroxyl groups is 1. The summed E-state index contributed by atoms with van der Waals surface area (Å²) in [5.41, 5.74) is 6.12. The van der Waals surface area contributed by atoms with Crippen molar-refractivity contribution in [2.75, 3.05) is 11.9 Å². The minimum atomic E-state index is -1.23. The average Bonchev–Trinajstić information content (AvgIpc) is 2.84. The standard InChI is InChI=1S/C29H40N4O6/c1-6-7-18-33(27(37)22(16-17-24(30)35)32-28(38)39-29(3,4)5)25(20-13-9-11-15-23(20)34)26(36)31-21-14-10-8-12-19(21)2/h8-15,22,25,34H,6-7,16-18H2,1-5H3,(H2,30,35)(H,31,36)(H,32,38). The molecule has 2 aromatic rings. The fraction of sp³-hybridized carbons (Fsp3) is 0.448. The van der Waals surface area contributed by atoms with Crippen molar-refractivity contribution < 1.29 is 29.0 Å². The summed E-state index contributed by atoms with van der Waals surface area (Å²) < 4.78 is 5.33. The van der Waals surface area contributed by atoms with Crippen molar-refractivity contribution in [3.05, 3.63) is 59.7 Å². The number of phenols is 1. The number of unbranched alkanes of at least 4 members (excludes halogenated alkanes) is 1. The van der Waals surface area contributed by atoms with Crippen LogP contribution in [0.25, 0.3) is 0 Å². The molecular formula is C29H40N4O6. The van der Waals surface area contributed by atoms with Gasteiger partial charge in [0, 0.05) is 24.2 Å². The van der Waals surface area contributed by atoms with E-state index >= 15 is 0 Å². The number of nitrogens with two attached hydrogens (primary N) is 1. The second-order valence-electron chi connectivity index (χ2n) is 10.4. The second kappa shape index (κ2) is 14.2. The third kappa shape index (κ3) is 9.63. The van der Waals surface area contributed by atoms with Crippen LogP contribution in [0.5, 0.6) is 5.75 Å². The molecule has 0 aromatic heterocycles. The first-order valence-electron chi connectivity index (χ1n) is 13.1. The van der Waals surface area contributed by atoms with Crippen LogP contribution < -0.4 is 16.4 Å². The highest BCUT2D eigenvalue weighted by molar-refractivity contribution is 5.99. The quantitative estimate of drug-likeness (QED) is 0.317. The molecule has 0 aliphatic rings. The van der Waals surface area contributed by atoms with E-state index in [4.69, 9.17) is 10.5 Å². The number of primary amides is 1. The van der Waals surface area contributed by atoms with Crippen molar-refractivity contribution in [3.8, 4) is 5.75 Å². The van der Waals surface area contributed by atoms with Crippen LogP contribution in [0.2, 0.25) is 0 Å². The largest absolute Gasteiger partial charge is 0.508 e. The molecule has 0 fully saturated rings. The maximum absolute atomic E-state index is 14.1. The van der Waals surface area contributed by atoms with Crippen molar-refractivity contribution in [3.63, 3.8) is 0 Å². The van der Waals surface area contributed by atoms with E-state index in [-0.39, 0.29) is 30.7 Å². The van der Waals surface area contributed by atoms with Crippen molar-refractivity contribution >= 4 is 29.5 Å². The van der Waals surface area contributed by atoms with Gasteiger partial charge in [-0.25, -0.2) is 4.79 Å². The molecule has 2 aromatic carbocycles. The van der Waals surface area contributed by atoms with E-state index in [9.17, 15) is 24.3 Å². The molecule has 5 N–H and O–H groups in total. The fourth-order valence-corrected chi connectivity index (χ4v) is 3.97. The molecule has 10 nitrogen and oxygen atoms in total. The summed E-state index contributed by atoms with van der Waals surface area (Å²) >= 11 is 0. The van der Waals surface area contributed by atoms with E-state index < -0.39 is 41.5 Å². The van der Waals surface area contributed by atoms with Gasteiger partial charge in [-0.1, -0.05) is 49.7 Å². The molecule has 0 spiro atoms. The van der Waals surface area contributed by atoms with Gasteiger partial charge in [-0.3, -0.25) is 14.4 Å². The zero-order chi connectivity index (χ0) is 29.2. The molecule has 212 valence electrons. The number of anilines is 1. The van der Waals surface area contributed by atoms with Crippen LogP contribution in [-0.4, -0.2) is 52.0 Å². The Kier molecular flexibility index (Phi) is 11.3. The lowest BCUT2D eigenvalue weighted by atomic mass is 10.00. The van der Waals surface area contributed by atoms with Crippen molar-refractivity contribution in [1.82, 2.24) is 10.2 Å². The first-order chi connectivity index (χ1) is 18.3. The maximum atomic E-state index is 14.1. The Morgan fingerprint density at radius 1 is 1.05 bits per heavy atom. The van der Waals surface area contributed by atoms with Gasteiger partial charge in [0.15, 0.2) is 0 Å². The summed E-state index contributed by atoms with van der Waals surface area (Å²) in [6.45, 7) is 8.99. The summed E-state index contributed by atoms with van der Waals surface area (Å²) in [5, 5.41) is 16.2. The van der Waals surface area contributed by atoms with Crippen LogP contribution >= 0.6 is 0 Å². The number of hydrogen-bond acceptors (Lipinski definition) is 6. The van der Waals surface area contributed by atoms with E-state index in [0.717, 1.165) is 5.56 Å². The SMILES string of the molecule is CCCCN(C(=O)C(CCC(N)=O)NC(=O)OC(C)(C)C)C(C(=O)Nc1ccccc1C)c1ccccc1O. The van der Waals surface area contributed by atoms with Crippen LogP contribution in [0.4, 0.5) is 10.5 Å². The number of hydrogen-bond donors (Lipinski definition) is 4. The van der Waals surface area contributed by atoms with Gasteiger partial charge >= 0.3 is 6.09 Å².